The fourth-order valence-electron chi connectivity index (χ4n) is 4.33. The SMILES string of the molecule is CN1NCCC1CCC(=O)N1CCC(n2c(=O)[nH]c3ccccc32)CC1. The van der Waals surface area contributed by atoms with Gasteiger partial charge in [0.05, 0.1) is 11.0 Å². The van der Waals surface area contributed by atoms with Gasteiger partial charge in [0.1, 0.15) is 0 Å². The lowest BCUT2D eigenvalue weighted by atomic mass is 10.0. The van der Waals surface area contributed by atoms with Gasteiger partial charge in [-0.25, -0.2) is 9.80 Å². The molecular formula is C19H27N5O2. The van der Waals surface area contributed by atoms with E-state index in [-0.39, 0.29) is 17.6 Å². The van der Waals surface area contributed by atoms with Crippen molar-refractivity contribution in [2.45, 2.75) is 44.2 Å². The molecule has 1 unspecified atom stereocenters. The van der Waals surface area contributed by atoms with Crippen LogP contribution in [0.3, 0.4) is 0 Å². The minimum atomic E-state index is -0.0484. The van der Waals surface area contributed by atoms with Crippen LogP contribution in [0.1, 0.15) is 38.1 Å². The molecule has 1 aromatic carbocycles. The van der Waals surface area contributed by atoms with Gasteiger partial charge in [0.15, 0.2) is 0 Å². The van der Waals surface area contributed by atoms with E-state index in [0.717, 1.165) is 56.4 Å². The van der Waals surface area contributed by atoms with Gasteiger partial charge in [0.2, 0.25) is 5.91 Å². The maximum Gasteiger partial charge on any atom is 0.326 e. The Kier molecular flexibility index (Phi) is 4.82. The lowest BCUT2D eigenvalue weighted by Gasteiger charge is -2.33. The second-order valence-electron chi connectivity index (χ2n) is 7.43. The highest BCUT2D eigenvalue weighted by Gasteiger charge is 2.27. The van der Waals surface area contributed by atoms with Crippen LogP contribution in [0.5, 0.6) is 0 Å². The topological polar surface area (TPSA) is 73.4 Å². The largest absolute Gasteiger partial charge is 0.343 e. The Morgan fingerprint density at radius 1 is 1.19 bits per heavy atom. The van der Waals surface area contributed by atoms with Gasteiger partial charge < -0.3 is 9.88 Å². The van der Waals surface area contributed by atoms with Gasteiger partial charge >= 0.3 is 5.69 Å². The summed E-state index contributed by atoms with van der Waals surface area (Å²) in [5.74, 6) is 0.245. The predicted octanol–water partition coefficient (Wildman–Crippen LogP) is 1.48. The number of likely N-dealkylation sites (tertiary alicyclic amines) is 1. The molecule has 3 heterocycles. The average Bonchev–Trinajstić information content (AvgIpc) is 3.21. The number of aromatic amines is 1. The molecule has 4 rings (SSSR count). The normalized spacial score (nSPS) is 22.3. The standard InChI is InChI=1S/C19H27N5O2/c1-22-14(8-11-20-22)6-7-18(25)23-12-9-15(10-13-23)24-17-5-3-2-4-16(17)21-19(24)26/h2-5,14-15,20H,6-13H2,1H3,(H,21,26). The number of carbonyl (C=O) groups excluding carboxylic acids is 1. The van der Waals surface area contributed by atoms with E-state index in [1.54, 1.807) is 0 Å². The number of hydrogen-bond donors (Lipinski definition) is 2. The van der Waals surface area contributed by atoms with Crippen molar-refractivity contribution in [1.29, 1.82) is 0 Å². The monoisotopic (exact) mass is 357 g/mol. The summed E-state index contributed by atoms with van der Waals surface area (Å²) < 4.78 is 1.87. The van der Waals surface area contributed by atoms with Crippen molar-refractivity contribution in [3.63, 3.8) is 0 Å². The number of amides is 1. The molecule has 2 aliphatic rings. The molecule has 1 aromatic heterocycles. The third-order valence-electron chi connectivity index (χ3n) is 5.88. The van der Waals surface area contributed by atoms with E-state index in [1.807, 2.05) is 40.8 Å². The molecule has 0 spiro atoms. The number of benzene rings is 1. The third-order valence-corrected chi connectivity index (χ3v) is 5.88. The minimum Gasteiger partial charge on any atom is -0.343 e. The first-order valence-electron chi connectivity index (χ1n) is 9.57. The average molecular weight is 357 g/mol. The highest BCUT2D eigenvalue weighted by molar-refractivity contribution is 5.76. The molecule has 2 fully saturated rings. The summed E-state index contributed by atoms with van der Waals surface area (Å²) in [6.07, 6.45) is 4.28. The van der Waals surface area contributed by atoms with Crippen molar-refractivity contribution in [2.75, 3.05) is 26.7 Å². The van der Waals surface area contributed by atoms with Gasteiger partial charge in [-0.15, -0.1) is 0 Å². The number of aromatic nitrogens is 2. The molecule has 0 bridgehead atoms. The number of carbonyl (C=O) groups is 1. The van der Waals surface area contributed by atoms with E-state index in [9.17, 15) is 9.59 Å². The first kappa shape index (κ1) is 17.3. The molecule has 7 nitrogen and oxygen atoms in total. The molecule has 26 heavy (non-hydrogen) atoms. The number of para-hydroxylation sites is 2. The summed E-state index contributed by atoms with van der Waals surface area (Å²) in [5.41, 5.74) is 5.08. The zero-order valence-corrected chi connectivity index (χ0v) is 15.3. The van der Waals surface area contributed by atoms with E-state index in [1.165, 1.54) is 0 Å². The number of hydrogen-bond acceptors (Lipinski definition) is 4. The molecule has 2 N–H and O–H groups in total. The predicted molar refractivity (Wildman–Crippen MR) is 101 cm³/mol. The number of nitrogens with zero attached hydrogens (tertiary/aromatic N) is 3. The molecule has 1 atom stereocenters. The molecule has 7 heteroatoms. The molecule has 2 aromatic rings. The second-order valence-corrected chi connectivity index (χ2v) is 7.43. The Morgan fingerprint density at radius 3 is 2.69 bits per heavy atom. The van der Waals surface area contributed by atoms with E-state index in [0.29, 0.717) is 12.5 Å². The quantitative estimate of drug-likeness (QED) is 0.869. The van der Waals surface area contributed by atoms with Crippen LogP contribution >= 0.6 is 0 Å². The van der Waals surface area contributed by atoms with Crippen molar-refractivity contribution in [3.05, 3.63) is 34.7 Å². The Hall–Kier alpha value is -2.12. The van der Waals surface area contributed by atoms with Gasteiger partial charge in [-0.05, 0) is 37.8 Å². The van der Waals surface area contributed by atoms with Gasteiger partial charge in [0.25, 0.3) is 0 Å². The molecule has 0 radical (unpaired) electrons. The fourth-order valence-corrected chi connectivity index (χ4v) is 4.33. The highest BCUT2D eigenvalue weighted by atomic mass is 16.2. The summed E-state index contributed by atoms with van der Waals surface area (Å²) in [4.78, 5) is 29.8. The van der Waals surface area contributed by atoms with Crippen molar-refractivity contribution >= 4 is 16.9 Å². The van der Waals surface area contributed by atoms with Crippen molar-refractivity contribution in [1.82, 2.24) is 24.9 Å². The lowest BCUT2D eigenvalue weighted by Crippen LogP contribution is -2.41. The third kappa shape index (κ3) is 3.29. The maximum atomic E-state index is 12.5. The van der Waals surface area contributed by atoms with Crippen molar-refractivity contribution < 1.29 is 4.79 Å². The van der Waals surface area contributed by atoms with Crippen molar-refractivity contribution in [3.8, 4) is 0 Å². The molecule has 140 valence electrons. The number of rotatable bonds is 4. The zero-order valence-electron chi connectivity index (χ0n) is 15.3. The van der Waals surface area contributed by atoms with Gasteiger partial charge in [0, 0.05) is 45.2 Å². The molecule has 0 saturated carbocycles. The number of hydrazine groups is 1. The summed E-state index contributed by atoms with van der Waals surface area (Å²) in [6, 6.07) is 8.42. The first-order valence-corrected chi connectivity index (χ1v) is 9.57. The van der Waals surface area contributed by atoms with Crippen LogP contribution in [0.4, 0.5) is 0 Å². The zero-order chi connectivity index (χ0) is 18.1. The Morgan fingerprint density at radius 2 is 1.96 bits per heavy atom. The van der Waals surface area contributed by atoms with Crippen molar-refractivity contribution in [2.24, 2.45) is 0 Å². The summed E-state index contributed by atoms with van der Waals surface area (Å²) in [7, 11) is 2.05. The number of piperidine rings is 1. The molecular weight excluding hydrogens is 330 g/mol. The fraction of sp³-hybridized carbons (Fsp3) is 0.579. The molecule has 2 saturated heterocycles. The number of fused-ring (bicyclic) bond motifs is 1. The van der Waals surface area contributed by atoms with Crippen LogP contribution in [0.2, 0.25) is 0 Å². The minimum absolute atomic E-state index is 0.0484. The van der Waals surface area contributed by atoms with Crippen LogP contribution < -0.4 is 11.1 Å². The Bertz CT molecular complexity index is 834. The lowest BCUT2D eigenvalue weighted by molar-refractivity contribution is -0.132. The molecule has 1 amide bonds. The number of imidazole rings is 1. The second kappa shape index (κ2) is 7.25. The van der Waals surface area contributed by atoms with E-state index < -0.39 is 0 Å². The van der Waals surface area contributed by atoms with E-state index in [2.05, 4.69) is 15.4 Å². The van der Waals surface area contributed by atoms with Gasteiger partial charge in [-0.1, -0.05) is 12.1 Å². The Balaban J connectivity index is 1.35. The summed E-state index contributed by atoms with van der Waals surface area (Å²) in [6.45, 7) is 2.46. The Labute approximate surface area is 152 Å². The molecule has 0 aliphatic carbocycles. The van der Waals surface area contributed by atoms with E-state index >= 15 is 0 Å². The molecule has 2 aliphatic heterocycles. The highest BCUT2D eigenvalue weighted by Crippen LogP contribution is 2.25. The van der Waals surface area contributed by atoms with Crippen LogP contribution in [0.25, 0.3) is 11.0 Å². The summed E-state index contributed by atoms with van der Waals surface area (Å²) in [5, 5.41) is 2.13. The van der Waals surface area contributed by atoms with Gasteiger partial charge in [-0.2, -0.15) is 0 Å². The smallest absolute Gasteiger partial charge is 0.326 e. The summed E-state index contributed by atoms with van der Waals surface area (Å²) >= 11 is 0. The van der Waals surface area contributed by atoms with Crippen LogP contribution in [-0.4, -0.2) is 58.1 Å². The van der Waals surface area contributed by atoms with Gasteiger partial charge in [-0.3, -0.25) is 14.8 Å². The van der Waals surface area contributed by atoms with Crippen LogP contribution in [-0.2, 0) is 4.79 Å². The number of H-pyrrole nitrogens is 1. The number of nitrogens with one attached hydrogen (secondary N) is 2. The van der Waals surface area contributed by atoms with E-state index in [4.69, 9.17) is 0 Å². The maximum absolute atomic E-state index is 12.5. The first-order chi connectivity index (χ1) is 12.6. The van der Waals surface area contributed by atoms with Crippen LogP contribution in [0.15, 0.2) is 29.1 Å². The van der Waals surface area contributed by atoms with Crippen LogP contribution in [0, 0.1) is 0 Å².